The number of nitrogens with two attached hydrogens (primary N) is 2. The molecule has 3 heterocycles. The first-order chi connectivity index (χ1) is 12.9. The maximum atomic E-state index is 15.0. The number of hydrogen-bond donors (Lipinski definition) is 2. The Bertz CT molecular complexity index is 937. The van der Waals surface area contributed by atoms with Gasteiger partial charge < -0.3 is 16.2 Å². The van der Waals surface area contributed by atoms with Crippen molar-refractivity contribution in [3.05, 3.63) is 48.3 Å². The molecule has 9 heteroatoms. The Kier molecular flexibility index (Phi) is 3.93. The van der Waals surface area contributed by atoms with Crippen molar-refractivity contribution in [1.29, 1.82) is 0 Å². The summed E-state index contributed by atoms with van der Waals surface area (Å²) in [5.74, 6) is -0.976. The van der Waals surface area contributed by atoms with Crippen LogP contribution in [-0.2, 0) is 15.1 Å². The lowest BCUT2D eigenvalue weighted by Gasteiger charge is -2.51. The molecule has 8 nitrogen and oxygen atoms in total. The van der Waals surface area contributed by atoms with Crippen molar-refractivity contribution >= 4 is 11.9 Å². The van der Waals surface area contributed by atoms with Gasteiger partial charge in [-0.05, 0) is 17.7 Å². The SMILES string of the molecule is CN1C(=O)[C@]2(N)CCOC[C@]2(c2cc(-c3cncnc3)ccc2F)N=C1N. The van der Waals surface area contributed by atoms with Gasteiger partial charge in [-0.1, -0.05) is 6.07 Å². The minimum atomic E-state index is -1.46. The molecule has 1 fully saturated rings. The van der Waals surface area contributed by atoms with Gasteiger partial charge in [-0.25, -0.2) is 19.4 Å². The van der Waals surface area contributed by atoms with E-state index in [2.05, 4.69) is 15.0 Å². The summed E-state index contributed by atoms with van der Waals surface area (Å²) in [5.41, 5.74) is 11.1. The van der Waals surface area contributed by atoms with E-state index in [4.69, 9.17) is 16.2 Å². The number of fused-ring (bicyclic) bond motifs is 1. The van der Waals surface area contributed by atoms with Gasteiger partial charge in [0, 0.05) is 43.6 Å². The van der Waals surface area contributed by atoms with Crippen LogP contribution in [0.4, 0.5) is 4.39 Å². The second-order valence-electron chi connectivity index (χ2n) is 6.79. The van der Waals surface area contributed by atoms with Gasteiger partial charge in [-0.15, -0.1) is 0 Å². The van der Waals surface area contributed by atoms with Gasteiger partial charge in [0.2, 0.25) is 0 Å². The summed E-state index contributed by atoms with van der Waals surface area (Å²) in [6, 6.07) is 4.54. The first-order valence-corrected chi connectivity index (χ1v) is 8.44. The van der Waals surface area contributed by atoms with Crippen LogP contribution in [0.2, 0.25) is 0 Å². The molecule has 0 saturated carbocycles. The van der Waals surface area contributed by atoms with Crippen LogP contribution in [0.1, 0.15) is 12.0 Å². The average molecular weight is 370 g/mol. The normalized spacial score (nSPS) is 27.9. The zero-order chi connectivity index (χ0) is 19.2. The second-order valence-corrected chi connectivity index (χ2v) is 6.79. The number of likely N-dealkylation sites (N-methyl/N-ethyl adjacent to an activating group) is 1. The highest BCUT2D eigenvalue weighted by Crippen LogP contribution is 2.45. The Balaban J connectivity index is 1.96. The molecule has 140 valence electrons. The van der Waals surface area contributed by atoms with Crippen molar-refractivity contribution in [2.75, 3.05) is 20.3 Å². The molecular formula is C18H19FN6O2. The van der Waals surface area contributed by atoms with Crippen LogP contribution in [0.5, 0.6) is 0 Å². The molecule has 0 unspecified atom stereocenters. The van der Waals surface area contributed by atoms with Crippen molar-refractivity contribution in [2.45, 2.75) is 17.5 Å². The molecule has 4 N–H and O–H groups in total. The summed E-state index contributed by atoms with van der Waals surface area (Å²) in [7, 11) is 1.50. The van der Waals surface area contributed by atoms with Crippen molar-refractivity contribution in [2.24, 2.45) is 16.5 Å². The molecule has 0 bridgehead atoms. The van der Waals surface area contributed by atoms with Crippen LogP contribution in [-0.4, -0.2) is 52.5 Å². The van der Waals surface area contributed by atoms with E-state index in [1.54, 1.807) is 24.5 Å². The highest BCUT2D eigenvalue weighted by atomic mass is 19.1. The minimum Gasteiger partial charge on any atom is -0.378 e. The lowest BCUT2D eigenvalue weighted by Crippen LogP contribution is -2.74. The highest BCUT2D eigenvalue weighted by molar-refractivity contribution is 6.04. The molecule has 2 aromatic rings. The third kappa shape index (κ3) is 2.42. The summed E-state index contributed by atoms with van der Waals surface area (Å²) in [4.78, 5) is 26.6. The van der Waals surface area contributed by atoms with Crippen LogP contribution in [0.25, 0.3) is 11.1 Å². The van der Waals surface area contributed by atoms with Crippen LogP contribution < -0.4 is 11.5 Å². The standard InChI is InChI=1S/C18H19FN6O2/c1-25-15(26)17(21)4-5-27-9-18(17,24-16(25)20)13-6-11(2-3-14(13)19)12-7-22-10-23-8-12/h2-3,6-8,10H,4-5,9,21H2,1H3,(H2,20,24)/t17-,18-/m1/s1. The van der Waals surface area contributed by atoms with Crippen molar-refractivity contribution in [3.8, 4) is 11.1 Å². The molecular weight excluding hydrogens is 351 g/mol. The number of rotatable bonds is 2. The van der Waals surface area contributed by atoms with Crippen LogP contribution in [0, 0.1) is 5.82 Å². The Labute approximate surface area is 155 Å². The van der Waals surface area contributed by atoms with E-state index in [0.717, 1.165) is 0 Å². The summed E-state index contributed by atoms with van der Waals surface area (Å²) in [6.45, 7) is 0.233. The third-order valence-electron chi connectivity index (χ3n) is 5.33. The lowest BCUT2D eigenvalue weighted by molar-refractivity contribution is -0.143. The summed E-state index contributed by atoms with van der Waals surface area (Å²) >= 11 is 0. The number of aromatic nitrogens is 2. The number of carbonyl (C=O) groups is 1. The van der Waals surface area contributed by atoms with Gasteiger partial charge in [-0.2, -0.15) is 0 Å². The minimum absolute atomic E-state index is 0.0283. The number of carbonyl (C=O) groups excluding carboxylic acids is 1. The van der Waals surface area contributed by atoms with E-state index in [1.165, 1.54) is 24.3 Å². The van der Waals surface area contributed by atoms with Crippen molar-refractivity contribution in [1.82, 2.24) is 14.9 Å². The maximum absolute atomic E-state index is 15.0. The molecule has 1 saturated heterocycles. The fraction of sp³-hybridized carbons (Fsp3) is 0.333. The highest BCUT2D eigenvalue weighted by Gasteiger charge is 2.62. The van der Waals surface area contributed by atoms with Gasteiger partial charge in [0.1, 0.15) is 23.2 Å². The monoisotopic (exact) mass is 370 g/mol. The number of nitrogens with zero attached hydrogens (tertiary/aromatic N) is 4. The first kappa shape index (κ1) is 17.5. The molecule has 0 radical (unpaired) electrons. The van der Waals surface area contributed by atoms with E-state index >= 15 is 0 Å². The Morgan fingerprint density at radius 1 is 1.26 bits per heavy atom. The van der Waals surface area contributed by atoms with Gasteiger partial charge in [0.05, 0.1) is 6.61 Å². The van der Waals surface area contributed by atoms with Crippen LogP contribution >= 0.6 is 0 Å². The fourth-order valence-corrected chi connectivity index (χ4v) is 3.73. The molecule has 2 atom stereocenters. The van der Waals surface area contributed by atoms with Crippen LogP contribution in [0.15, 0.2) is 41.9 Å². The smallest absolute Gasteiger partial charge is 0.252 e. The maximum Gasteiger partial charge on any atom is 0.252 e. The molecule has 0 spiro atoms. The van der Waals surface area contributed by atoms with Gasteiger partial charge >= 0.3 is 0 Å². The van der Waals surface area contributed by atoms with Crippen molar-refractivity contribution < 1.29 is 13.9 Å². The second kappa shape index (κ2) is 6.07. The number of halogens is 1. The van der Waals surface area contributed by atoms with Crippen molar-refractivity contribution in [3.63, 3.8) is 0 Å². The topological polar surface area (TPSA) is 120 Å². The van der Waals surface area contributed by atoms with Crippen LogP contribution in [0.3, 0.4) is 0 Å². The number of amides is 1. The molecule has 4 rings (SSSR count). The van der Waals surface area contributed by atoms with Gasteiger partial charge in [0.15, 0.2) is 5.96 Å². The van der Waals surface area contributed by atoms with E-state index in [9.17, 15) is 9.18 Å². The van der Waals surface area contributed by atoms with Gasteiger partial charge in [-0.3, -0.25) is 9.69 Å². The third-order valence-corrected chi connectivity index (χ3v) is 5.33. The molecule has 1 aromatic heterocycles. The summed E-state index contributed by atoms with van der Waals surface area (Å²) in [6.07, 6.45) is 4.84. The first-order valence-electron chi connectivity index (χ1n) is 8.44. The fourth-order valence-electron chi connectivity index (χ4n) is 3.73. The molecule has 0 aliphatic carbocycles. The lowest BCUT2D eigenvalue weighted by atomic mass is 9.68. The Hall–Kier alpha value is -2.91. The number of benzene rings is 1. The summed E-state index contributed by atoms with van der Waals surface area (Å²) in [5, 5.41) is 0. The number of hydrogen-bond acceptors (Lipinski definition) is 7. The quantitative estimate of drug-likeness (QED) is 0.789. The largest absolute Gasteiger partial charge is 0.378 e. The molecule has 2 aliphatic rings. The molecule has 2 aliphatic heterocycles. The van der Waals surface area contributed by atoms with E-state index in [-0.39, 0.29) is 31.2 Å². The zero-order valence-electron chi connectivity index (χ0n) is 14.7. The summed E-state index contributed by atoms with van der Waals surface area (Å²) < 4.78 is 20.6. The predicted octanol–water partition coefficient (Wildman–Crippen LogP) is 0.383. The van der Waals surface area contributed by atoms with E-state index in [1.807, 2.05) is 0 Å². The predicted molar refractivity (Wildman–Crippen MR) is 95.9 cm³/mol. The number of ether oxygens (including phenoxy) is 1. The van der Waals surface area contributed by atoms with E-state index in [0.29, 0.717) is 11.1 Å². The molecule has 27 heavy (non-hydrogen) atoms. The molecule has 1 amide bonds. The Morgan fingerprint density at radius 2 is 2.00 bits per heavy atom. The van der Waals surface area contributed by atoms with Gasteiger partial charge in [0.25, 0.3) is 5.91 Å². The zero-order valence-corrected chi connectivity index (χ0v) is 14.7. The van der Waals surface area contributed by atoms with E-state index < -0.39 is 22.8 Å². The molecule has 1 aromatic carbocycles. The number of guanidine groups is 1. The Morgan fingerprint density at radius 3 is 2.74 bits per heavy atom. The number of aliphatic imine (C=N–C) groups is 1. The average Bonchev–Trinajstić information content (AvgIpc) is 2.68.